The Labute approximate surface area is 106 Å². The van der Waals surface area contributed by atoms with Gasteiger partial charge in [-0.25, -0.2) is 0 Å². The molecule has 0 spiro atoms. The molecule has 1 heterocycles. The molecule has 1 unspecified atom stereocenters. The van der Waals surface area contributed by atoms with Gasteiger partial charge in [-0.05, 0) is 34.0 Å². The summed E-state index contributed by atoms with van der Waals surface area (Å²) in [5.74, 6) is 0. The Morgan fingerprint density at radius 2 is 2.19 bits per heavy atom. The molecule has 1 aromatic rings. The third kappa shape index (κ3) is 2.93. The Morgan fingerprint density at radius 1 is 1.62 bits per heavy atom. The van der Waals surface area contributed by atoms with Gasteiger partial charge in [0.2, 0.25) is 0 Å². The molecular weight excluding hydrogens is 305 g/mol. The van der Waals surface area contributed by atoms with Gasteiger partial charge in [-0.1, -0.05) is 6.92 Å². The van der Waals surface area contributed by atoms with Crippen LogP contribution in [0, 0.1) is 0 Å². The van der Waals surface area contributed by atoms with Gasteiger partial charge < -0.3 is 5.11 Å². The van der Waals surface area contributed by atoms with Crippen LogP contribution in [0.4, 0.5) is 8.78 Å². The number of nitrogens with zero attached hydrogens (tertiary/aromatic N) is 2. The monoisotopic (exact) mass is 316 g/mol. The second-order valence-electron chi connectivity index (χ2n) is 3.45. The molecule has 1 N–H and O–H groups in total. The first-order chi connectivity index (χ1) is 7.27. The molecular formula is C9H12BrClF2N2O. The van der Waals surface area contributed by atoms with Crippen LogP contribution in [0.25, 0.3) is 0 Å². The predicted molar refractivity (Wildman–Crippen MR) is 60.8 cm³/mol. The third-order valence-corrected chi connectivity index (χ3v) is 3.43. The van der Waals surface area contributed by atoms with Crippen LogP contribution in [-0.2, 0) is 19.9 Å². The molecule has 16 heavy (non-hydrogen) atoms. The van der Waals surface area contributed by atoms with Crippen molar-refractivity contribution in [2.45, 2.75) is 31.3 Å². The summed E-state index contributed by atoms with van der Waals surface area (Å²) in [5.41, 5.74) is 1.27. The fourth-order valence-corrected chi connectivity index (χ4v) is 2.20. The zero-order chi connectivity index (χ0) is 12.5. The van der Waals surface area contributed by atoms with E-state index in [0.717, 1.165) is 5.69 Å². The van der Waals surface area contributed by atoms with Crippen molar-refractivity contribution >= 4 is 27.5 Å². The number of aryl methyl sites for hydroxylation is 2. The number of hydrogen-bond donors (Lipinski definition) is 1. The molecule has 0 saturated heterocycles. The fraction of sp³-hybridized carbons (Fsp3) is 0.667. The van der Waals surface area contributed by atoms with Crippen LogP contribution in [0.2, 0.25) is 0 Å². The van der Waals surface area contributed by atoms with Gasteiger partial charge in [0.15, 0.2) is 0 Å². The van der Waals surface area contributed by atoms with Crippen LogP contribution in [-0.4, -0.2) is 26.4 Å². The zero-order valence-corrected chi connectivity index (χ0v) is 11.2. The minimum absolute atomic E-state index is 0.249. The molecule has 0 saturated carbocycles. The minimum atomic E-state index is -3.63. The number of hydrogen-bond acceptors (Lipinski definition) is 2. The van der Waals surface area contributed by atoms with Gasteiger partial charge in [-0.3, -0.25) is 4.68 Å². The van der Waals surface area contributed by atoms with E-state index in [2.05, 4.69) is 21.0 Å². The summed E-state index contributed by atoms with van der Waals surface area (Å²) in [4.78, 5) is 0. The Balaban J connectivity index is 2.93. The number of aliphatic hydroxyl groups excluding tert-OH is 1. The lowest BCUT2D eigenvalue weighted by molar-refractivity contribution is -0.0406. The molecule has 0 amide bonds. The third-order valence-electron chi connectivity index (χ3n) is 2.27. The summed E-state index contributed by atoms with van der Waals surface area (Å²) in [6, 6.07) is 0. The first kappa shape index (κ1) is 13.9. The van der Waals surface area contributed by atoms with Gasteiger partial charge in [-0.15, -0.1) is 0 Å². The maximum Gasteiger partial charge on any atom is 0.347 e. The van der Waals surface area contributed by atoms with E-state index in [1.165, 1.54) is 4.68 Å². The van der Waals surface area contributed by atoms with Crippen molar-refractivity contribution in [3.8, 4) is 0 Å². The van der Waals surface area contributed by atoms with Crippen molar-refractivity contribution in [1.82, 2.24) is 9.78 Å². The normalized spacial score (nSPS) is 14.2. The van der Waals surface area contributed by atoms with E-state index in [9.17, 15) is 13.9 Å². The molecule has 0 aliphatic carbocycles. The van der Waals surface area contributed by atoms with Crippen LogP contribution >= 0.6 is 27.5 Å². The molecule has 0 aliphatic heterocycles. The summed E-state index contributed by atoms with van der Waals surface area (Å²) in [6.07, 6.45) is -1.49. The summed E-state index contributed by atoms with van der Waals surface area (Å²) < 4.78 is 27.4. The molecule has 1 atom stereocenters. The van der Waals surface area contributed by atoms with E-state index in [1.807, 2.05) is 6.92 Å². The van der Waals surface area contributed by atoms with Gasteiger partial charge in [0, 0.05) is 13.5 Å². The average Bonchev–Trinajstić information content (AvgIpc) is 2.43. The van der Waals surface area contributed by atoms with Crippen molar-refractivity contribution in [2.75, 3.05) is 0 Å². The lowest BCUT2D eigenvalue weighted by Gasteiger charge is -2.15. The molecule has 0 bridgehead atoms. The molecule has 7 heteroatoms. The van der Waals surface area contributed by atoms with E-state index >= 15 is 0 Å². The van der Waals surface area contributed by atoms with Gasteiger partial charge in [-0.2, -0.15) is 13.9 Å². The van der Waals surface area contributed by atoms with Crippen molar-refractivity contribution < 1.29 is 13.9 Å². The highest BCUT2D eigenvalue weighted by atomic mass is 79.9. The minimum Gasteiger partial charge on any atom is -0.385 e. The summed E-state index contributed by atoms with van der Waals surface area (Å²) in [5, 5.41) is 9.73. The molecule has 0 aromatic carbocycles. The quantitative estimate of drug-likeness (QED) is 0.867. The Morgan fingerprint density at radius 3 is 2.56 bits per heavy atom. The first-order valence-corrected chi connectivity index (χ1v) is 5.89. The highest BCUT2D eigenvalue weighted by molar-refractivity contribution is 9.10. The Bertz CT molecular complexity index is 378. The molecule has 0 radical (unpaired) electrons. The largest absolute Gasteiger partial charge is 0.385 e. The fourth-order valence-electron chi connectivity index (χ4n) is 1.34. The predicted octanol–water partition coefficient (Wildman–Crippen LogP) is 2.48. The first-order valence-electron chi connectivity index (χ1n) is 4.72. The Hall–Kier alpha value is -0.200. The Kier molecular flexibility index (Phi) is 4.31. The molecule has 1 aromatic heterocycles. The van der Waals surface area contributed by atoms with Crippen LogP contribution in [0.5, 0.6) is 0 Å². The maximum atomic E-state index is 12.6. The van der Waals surface area contributed by atoms with Gasteiger partial charge in [0.25, 0.3) is 0 Å². The topological polar surface area (TPSA) is 38.0 Å². The highest BCUT2D eigenvalue weighted by Crippen LogP contribution is 2.29. The van der Waals surface area contributed by atoms with Gasteiger partial charge in [0.1, 0.15) is 6.10 Å². The van der Waals surface area contributed by atoms with E-state index in [0.29, 0.717) is 16.6 Å². The van der Waals surface area contributed by atoms with E-state index in [1.54, 1.807) is 7.05 Å². The molecule has 0 fully saturated rings. The zero-order valence-electron chi connectivity index (χ0n) is 8.85. The SMILES string of the molecule is CCc1nn(C)c(CC(O)C(F)(F)Cl)c1Br. The number of aromatic nitrogens is 2. The number of rotatable bonds is 4. The molecule has 0 aliphatic rings. The van der Waals surface area contributed by atoms with Gasteiger partial charge >= 0.3 is 5.38 Å². The molecule has 92 valence electrons. The van der Waals surface area contributed by atoms with E-state index < -0.39 is 11.5 Å². The lowest BCUT2D eigenvalue weighted by Crippen LogP contribution is -2.30. The van der Waals surface area contributed by atoms with Crippen molar-refractivity contribution in [3.63, 3.8) is 0 Å². The van der Waals surface area contributed by atoms with Gasteiger partial charge in [0.05, 0.1) is 15.9 Å². The van der Waals surface area contributed by atoms with Crippen LogP contribution in [0.1, 0.15) is 18.3 Å². The lowest BCUT2D eigenvalue weighted by atomic mass is 10.2. The highest BCUT2D eigenvalue weighted by Gasteiger charge is 2.36. The smallest absolute Gasteiger partial charge is 0.347 e. The second kappa shape index (κ2) is 4.98. The van der Waals surface area contributed by atoms with Crippen LogP contribution in [0.15, 0.2) is 4.47 Å². The summed E-state index contributed by atoms with van der Waals surface area (Å²) in [6.45, 7) is 1.91. The maximum absolute atomic E-state index is 12.6. The standard InChI is InChI=1S/C9H12BrClF2N2O/c1-3-5-8(10)6(15(2)14-5)4-7(16)9(11,12)13/h7,16H,3-4H2,1-2H3. The van der Waals surface area contributed by atoms with Crippen molar-refractivity contribution in [2.24, 2.45) is 7.05 Å². The van der Waals surface area contributed by atoms with E-state index in [4.69, 9.17) is 11.6 Å². The van der Waals surface area contributed by atoms with Crippen LogP contribution in [0.3, 0.4) is 0 Å². The summed E-state index contributed by atoms with van der Waals surface area (Å²) in [7, 11) is 1.64. The average molecular weight is 318 g/mol. The summed E-state index contributed by atoms with van der Waals surface area (Å²) >= 11 is 8.03. The van der Waals surface area contributed by atoms with E-state index in [-0.39, 0.29) is 6.42 Å². The number of alkyl halides is 3. The van der Waals surface area contributed by atoms with Crippen LogP contribution < -0.4 is 0 Å². The number of halogens is 4. The number of aliphatic hydroxyl groups is 1. The van der Waals surface area contributed by atoms with Crippen molar-refractivity contribution in [1.29, 1.82) is 0 Å². The van der Waals surface area contributed by atoms with Crippen molar-refractivity contribution in [3.05, 3.63) is 15.9 Å². The molecule has 1 rings (SSSR count). The second-order valence-corrected chi connectivity index (χ2v) is 4.74. The molecule has 3 nitrogen and oxygen atoms in total.